The van der Waals surface area contributed by atoms with Gasteiger partial charge in [-0.15, -0.1) is 0 Å². The van der Waals surface area contributed by atoms with Crippen LogP contribution < -0.4 is 10.1 Å². The molecule has 1 heterocycles. The van der Waals surface area contributed by atoms with Crippen LogP contribution in [0.1, 0.15) is 19.2 Å². The standard InChI is InChI=1S/C18H18N4O4/c1-2-9-25-16-8-4-6-14(11-16)19-12-17-20-18(21-26-17)13-5-3-7-15(10-13)22(23)24/h3-8,10-11,19H,2,9,12H2,1H3. The van der Waals surface area contributed by atoms with E-state index in [1.165, 1.54) is 12.1 Å². The predicted molar refractivity (Wildman–Crippen MR) is 95.9 cm³/mol. The predicted octanol–water partition coefficient (Wildman–Crippen LogP) is 4.05. The Morgan fingerprint density at radius 3 is 2.88 bits per heavy atom. The third-order valence-electron chi connectivity index (χ3n) is 3.53. The molecular formula is C18H18N4O4. The molecule has 0 atom stereocenters. The van der Waals surface area contributed by atoms with E-state index in [9.17, 15) is 10.1 Å². The molecule has 0 aliphatic heterocycles. The Bertz CT molecular complexity index is 894. The van der Waals surface area contributed by atoms with Crippen molar-refractivity contribution in [2.24, 2.45) is 0 Å². The molecule has 0 saturated carbocycles. The van der Waals surface area contributed by atoms with Crippen molar-refractivity contribution in [3.63, 3.8) is 0 Å². The Morgan fingerprint density at radius 1 is 1.23 bits per heavy atom. The lowest BCUT2D eigenvalue weighted by Crippen LogP contribution is -2.01. The van der Waals surface area contributed by atoms with Gasteiger partial charge in [0.15, 0.2) is 0 Å². The molecule has 0 aliphatic rings. The molecule has 0 aliphatic carbocycles. The van der Waals surface area contributed by atoms with Gasteiger partial charge in [-0.05, 0) is 18.6 Å². The first-order valence-corrected chi connectivity index (χ1v) is 8.20. The van der Waals surface area contributed by atoms with Crippen molar-refractivity contribution >= 4 is 11.4 Å². The van der Waals surface area contributed by atoms with Crippen LogP contribution in [0.3, 0.4) is 0 Å². The monoisotopic (exact) mass is 354 g/mol. The van der Waals surface area contributed by atoms with Crippen LogP contribution in [0.5, 0.6) is 5.75 Å². The van der Waals surface area contributed by atoms with Gasteiger partial charge in [-0.1, -0.05) is 30.3 Å². The molecule has 134 valence electrons. The molecule has 3 rings (SSSR count). The molecule has 1 N–H and O–H groups in total. The fourth-order valence-electron chi connectivity index (χ4n) is 2.30. The van der Waals surface area contributed by atoms with Crippen LogP contribution in [0, 0.1) is 10.1 Å². The number of aromatic nitrogens is 2. The smallest absolute Gasteiger partial charge is 0.270 e. The van der Waals surface area contributed by atoms with Crippen molar-refractivity contribution in [2.45, 2.75) is 19.9 Å². The molecule has 8 nitrogen and oxygen atoms in total. The van der Waals surface area contributed by atoms with Gasteiger partial charge in [-0.2, -0.15) is 4.98 Å². The summed E-state index contributed by atoms with van der Waals surface area (Å²) < 4.78 is 10.8. The lowest BCUT2D eigenvalue weighted by Gasteiger charge is -2.07. The van der Waals surface area contributed by atoms with Crippen molar-refractivity contribution in [3.05, 3.63) is 64.5 Å². The number of ether oxygens (including phenoxy) is 1. The van der Waals surface area contributed by atoms with Gasteiger partial charge in [0.1, 0.15) is 5.75 Å². The van der Waals surface area contributed by atoms with Crippen molar-refractivity contribution in [1.29, 1.82) is 0 Å². The van der Waals surface area contributed by atoms with Crippen LogP contribution in [0.2, 0.25) is 0 Å². The minimum atomic E-state index is -0.459. The summed E-state index contributed by atoms with van der Waals surface area (Å²) in [7, 11) is 0. The van der Waals surface area contributed by atoms with E-state index < -0.39 is 4.92 Å². The molecule has 0 radical (unpaired) electrons. The van der Waals surface area contributed by atoms with Gasteiger partial charge in [0.2, 0.25) is 11.7 Å². The highest BCUT2D eigenvalue weighted by Gasteiger charge is 2.12. The van der Waals surface area contributed by atoms with Crippen molar-refractivity contribution in [1.82, 2.24) is 10.1 Å². The minimum absolute atomic E-state index is 0.0177. The number of nitro groups is 1. The Labute approximate surface area is 150 Å². The van der Waals surface area contributed by atoms with E-state index in [1.54, 1.807) is 12.1 Å². The quantitative estimate of drug-likeness (QED) is 0.481. The first-order valence-electron chi connectivity index (χ1n) is 8.20. The summed E-state index contributed by atoms with van der Waals surface area (Å²) in [4.78, 5) is 14.7. The summed E-state index contributed by atoms with van der Waals surface area (Å²) in [5.74, 6) is 1.48. The summed E-state index contributed by atoms with van der Waals surface area (Å²) in [6, 6.07) is 13.7. The molecule has 0 saturated heterocycles. The molecule has 26 heavy (non-hydrogen) atoms. The van der Waals surface area contributed by atoms with E-state index >= 15 is 0 Å². The van der Waals surface area contributed by atoms with E-state index in [-0.39, 0.29) is 5.69 Å². The summed E-state index contributed by atoms with van der Waals surface area (Å²) in [6.07, 6.45) is 0.945. The number of nitro benzene ring substituents is 1. The third kappa shape index (κ3) is 4.35. The lowest BCUT2D eigenvalue weighted by atomic mass is 10.2. The minimum Gasteiger partial charge on any atom is -0.494 e. The Balaban J connectivity index is 1.66. The van der Waals surface area contributed by atoms with Crippen molar-refractivity contribution in [2.75, 3.05) is 11.9 Å². The Hall–Kier alpha value is -3.42. The molecule has 0 amide bonds. The van der Waals surface area contributed by atoms with Crippen LogP contribution in [-0.2, 0) is 6.54 Å². The number of nitrogens with one attached hydrogen (secondary N) is 1. The summed E-state index contributed by atoms with van der Waals surface area (Å²) >= 11 is 0. The SMILES string of the molecule is CCCOc1cccc(NCc2nc(-c3cccc([N+](=O)[O-])c3)no2)c1. The number of benzene rings is 2. The maximum absolute atomic E-state index is 10.9. The summed E-state index contributed by atoms with van der Waals surface area (Å²) in [5.41, 5.74) is 1.38. The fourth-order valence-corrected chi connectivity index (χ4v) is 2.30. The third-order valence-corrected chi connectivity index (χ3v) is 3.53. The van der Waals surface area contributed by atoms with Crippen LogP contribution in [0.25, 0.3) is 11.4 Å². The first kappa shape index (κ1) is 17.4. The van der Waals surface area contributed by atoms with Gasteiger partial charge in [0.05, 0.1) is 18.1 Å². The van der Waals surface area contributed by atoms with E-state index in [1.807, 2.05) is 24.3 Å². The maximum Gasteiger partial charge on any atom is 0.270 e. The zero-order chi connectivity index (χ0) is 18.4. The number of rotatable bonds is 8. The Kier molecular flexibility index (Phi) is 5.43. The van der Waals surface area contributed by atoms with Crippen molar-refractivity contribution in [3.8, 4) is 17.1 Å². The van der Waals surface area contributed by atoms with E-state index in [0.717, 1.165) is 17.9 Å². The van der Waals surface area contributed by atoms with E-state index in [0.29, 0.717) is 30.4 Å². The molecular weight excluding hydrogens is 336 g/mol. The zero-order valence-corrected chi connectivity index (χ0v) is 14.2. The first-order chi connectivity index (χ1) is 12.7. The highest BCUT2D eigenvalue weighted by atomic mass is 16.6. The Morgan fingerprint density at radius 2 is 2.08 bits per heavy atom. The maximum atomic E-state index is 10.9. The second kappa shape index (κ2) is 8.11. The second-order valence-electron chi connectivity index (χ2n) is 5.55. The zero-order valence-electron chi connectivity index (χ0n) is 14.2. The van der Waals surface area contributed by atoms with Gasteiger partial charge in [0.25, 0.3) is 5.69 Å². The number of anilines is 1. The van der Waals surface area contributed by atoms with Gasteiger partial charge < -0.3 is 14.6 Å². The van der Waals surface area contributed by atoms with Crippen LogP contribution in [0.4, 0.5) is 11.4 Å². The van der Waals surface area contributed by atoms with Crippen LogP contribution in [-0.4, -0.2) is 21.7 Å². The average molecular weight is 354 g/mol. The largest absolute Gasteiger partial charge is 0.494 e. The molecule has 8 heteroatoms. The van der Waals surface area contributed by atoms with Gasteiger partial charge in [-0.25, -0.2) is 0 Å². The molecule has 0 unspecified atom stereocenters. The van der Waals surface area contributed by atoms with Gasteiger partial charge >= 0.3 is 0 Å². The molecule has 0 fully saturated rings. The molecule has 0 spiro atoms. The van der Waals surface area contributed by atoms with E-state index in [2.05, 4.69) is 22.4 Å². The van der Waals surface area contributed by atoms with Gasteiger partial charge in [0, 0.05) is 29.4 Å². The molecule has 3 aromatic rings. The average Bonchev–Trinajstić information content (AvgIpc) is 3.14. The fraction of sp³-hybridized carbons (Fsp3) is 0.222. The topological polar surface area (TPSA) is 103 Å². The number of hydrogen-bond donors (Lipinski definition) is 1. The highest BCUT2D eigenvalue weighted by Crippen LogP contribution is 2.22. The number of hydrogen-bond acceptors (Lipinski definition) is 7. The lowest BCUT2D eigenvalue weighted by molar-refractivity contribution is -0.384. The summed E-state index contributed by atoms with van der Waals surface area (Å²) in [6.45, 7) is 3.05. The number of non-ortho nitro benzene ring substituents is 1. The normalized spacial score (nSPS) is 10.5. The number of nitrogens with zero attached hydrogens (tertiary/aromatic N) is 3. The highest BCUT2D eigenvalue weighted by molar-refractivity contribution is 5.58. The molecule has 0 bridgehead atoms. The van der Waals surface area contributed by atoms with Gasteiger partial charge in [-0.3, -0.25) is 10.1 Å². The van der Waals surface area contributed by atoms with Crippen LogP contribution >= 0.6 is 0 Å². The molecule has 1 aromatic heterocycles. The van der Waals surface area contributed by atoms with E-state index in [4.69, 9.17) is 9.26 Å². The summed E-state index contributed by atoms with van der Waals surface area (Å²) in [5, 5.41) is 17.9. The second-order valence-corrected chi connectivity index (χ2v) is 5.55. The molecule has 2 aromatic carbocycles. The van der Waals surface area contributed by atoms with Crippen molar-refractivity contribution < 1.29 is 14.2 Å². The van der Waals surface area contributed by atoms with Crippen LogP contribution in [0.15, 0.2) is 53.1 Å².